The lowest BCUT2D eigenvalue weighted by atomic mass is 9.29. The highest BCUT2D eigenvalue weighted by Gasteiger charge is 2.39. The highest BCUT2D eigenvalue weighted by atomic mass is 16.2. The van der Waals surface area contributed by atoms with Crippen molar-refractivity contribution in [2.75, 3.05) is 0 Å². The summed E-state index contributed by atoms with van der Waals surface area (Å²) >= 11 is 0. The van der Waals surface area contributed by atoms with Crippen LogP contribution in [0, 0.1) is 5.41 Å². The average Bonchev–Trinajstić information content (AvgIpc) is 2.79. The lowest BCUT2D eigenvalue weighted by Gasteiger charge is -2.41. The smallest absolute Gasteiger partial charge is 0.226 e. The van der Waals surface area contributed by atoms with E-state index in [9.17, 15) is 4.79 Å². The quantitative estimate of drug-likeness (QED) is 0.428. The highest BCUT2D eigenvalue weighted by Crippen LogP contribution is 2.49. The second-order valence-electron chi connectivity index (χ2n) is 13.5. The number of amides is 1. The second-order valence-corrected chi connectivity index (χ2v) is 13.5. The summed E-state index contributed by atoms with van der Waals surface area (Å²) in [6, 6.07) is 0. The van der Waals surface area contributed by atoms with Gasteiger partial charge in [0.1, 0.15) is 7.28 Å². The molecule has 0 heterocycles. The molecule has 2 atom stereocenters. The molecule has 2 unspecified atom stereocenters. The molecule has 0 radical (unpaired) electrons. The third-order valence-electron chi connectivity index (χ3n) is 9.06. The number of carbonyl (C=O) groups is 1. The predicted molar refractivity (Wildman–Crippen MR) is 146 cm³/mol. The first kappa shape index (κ1) is 27.8. The Morgan fingerprint density at radius 1 is 0.812 bits per heavy atom. The van der Waals surface area contributed by atoms with Gasteiger partial charge in [0.05, 0.1) is 7.85 Å². The fourth-order valence-corrected chi connectivity index (χ4v) is 7.09. The van der Waals surface area contributed by atoms with Gasteiger partial charge in [0, 0.05) is 11.0 Å². The second kappa shape index (κ2) is 12.3. The molecular formula is C28H55B2NO. The Morgan fingerprint density at radius 2 is 1.28 bits per heavy atom. The molecule has 32 heavy (non-hydrogen) atoms. The summed E-state index contributed by atoms with van der Waals surface area (Å²) in [5.74, 6) is 0.307. The number of hydrogen-bond donors (Lipinski definition) is 1. The van der Waals surface area contributed by atoms with E-state index in [0.717, 1.165) is 25.7 Å². The summed E-state index contributed by atoms with van der Waals surface area (Å²) in [5, 5.41) is 4.39. The molecule has 2 saturated carbocycles. The molecule has 1 amide bonds. The van der Waals surface area contributed by atoms with Crippen molar-refractivity contribution in [2.45, 2.75) is 166 Å². The first-order valence-electron chi connectivity index (χ1n) is 14.3. The van der Waals surface area contributed by atoms with E-state index in [4.69, 9.17) is 0 Å². The van der Waals surface area contributed by atoms with Crippen molar-refractivity contribution >= 4 is 21.0 Å². The van der Waals surface area contributed by atoms with Gasteiger partial charge < -0.3 is 5.32 Å². The van der Waals surface area contributed by atoms with E-state index in [1.807, 2.05) is 0 Å². The monoisotopic (exact) mass is 443 g/mol. The Kier molecular flexibility index (Phi) is 10.7. The SMILES string of the molecule is BC1(BC2(C)CCCCCCCC2)CCCCCC(C)(C(=O)NC(C)(C)CCC)CCC1. The van der Waals surface area contributed by atoms with E-state index in [1.54, 1.807) is 0 Å². The van der Waals surface area contributed by atoms with Crippen LogP contribution in [0.25, 0.3) is 0 Å². The van der Waals surface area contributed by atoms with Gasteiger partial charge in [-0.05, 0) is 33.1 Å². The molecule has 1 N–H and O–H groups in total. The van der Waals surface area contributed by atoms with Crippen LogP contribution in [0.5, 0.6) is 0 Å². The number of rotatable bonds is 6. The van der Waals surface area contributed by atoms with E-state index >= 15 is 0 Å². The molecule has 0 bridgehead atoms. The molecule has 2 rings (SSSR count). The first-order chi connectivity index (χ1) is 15.0. The largest absolute Gasteiger partial charge is 0.351 e. The minimum atomic E-state index is -0.203. The lowest BCUT2D eigenvalue weighted by molar-refractivity contribution is -0.133. The fraction of sp³-hybridized carbons (Fsp3) is 0.964. The van der Waals surface area contributed by atoms with Crippen LogP contribution < -0.4 is 5.32 Å². The highest BCUT2D eigenvalue weighted by molar-refractivity contribution is 6.56. The molecule has 184 valence electrons. The summed E-state index contributed by atoms with van der Waals surface area (Å²) in [5.41, 5.74) is -0.296. The summed E-state index contributed by atoms with van der Waals surface area (Å²) in [6.45, 7) is 11.4. The zero-order valence-electron chi connectivity index (χ0n) is 22.8. The van der Waals surface area contributed by atoms with Crippen LogP contribution in [0.2, 0.25) is 10.5 Å². The van der Waals surface area contributed by atoms with Gasteiger partial charge in [0.15, 0.2) is 0 Å². The minimum Gasteiger partial charge on any atom is -0.351 e. The maximum Gasteiger partial charge on any atom is 0.226 e. The van der Waals surface area contributed by atoms with Crippen LogP contribution in [-0.2, 0) is 4.79 Å². The third-order valence-corrected chi connectivity index (χ3v) is 9.06. The molecule has 2 aliphatic rings. The van der Waals surface area contributed by atoms with Crippen LogP contribution >= 0.6 is 0 Å². The van der Waals surface area contributed by atoms with Crippen molar-refractivity contribution in [1.82, 2.24) is 5.32 Å². The van der Waals surface area contributed by atoms with Crippen LogP contribution in [0.3, 0.4) is 0 Å². The number of nitrogens with one attached hydrogen (secondary N) is 1. The topological polar surface area (TPSA) is 29.1 Å². The Balaban J connectivity index is 2.04. The molecule has 0 aromatic rings. The van der Waals surface area contributed by atoms with Crippen LogP contribution in [0.15, 0.2) is 0 Å². The maximum atomic E-state index is 13.4. The predicted octanol–water partition coefficient (Wildman–Crippen LogP) is 7.32. The van der Waals surface area contributed by atoms with Crippen molar-refractivity contribution in [2.24, 2.45) is 5.41 Å². The van der Waals surface area contributed by atoms with Crippen LogP contribution in [-0.4, -0.2) is 26.6 Å². The zero-order valence-corrected chi connectivity index (χ0v) is 22.8. The van der Waals surface area contributed by atoms with Crippen LogP contribution in [0.4, 0.5) is 0 Å². The number of hydrogen-bond acceptors (Lipinski definition) is 1. The minimum absolute atomic E-state index is 0.0931. The average molecular weight is 443 g/mol. The molecule has 2 nitrogen and oxygen atoms in total. The Hall–Kier alpha value is -0.400. The summed E-state index contributed by atoms with van der Waals surface area (Å²) in [6.07, 6.45) is 23.4. The van der Waals surface area contributed by atoms with E-state index in [2.05, 4.69) is 47.8 Å². The summed E-state index contributed by atoms with van der Waals surface area (Å²) < 4.78 is 0. The summed E-state index contributed by atoms with van der Waals surface area (Å²) in [7, 11) is 3.99. The normalized spacial score (nSPS) is 30.9. The van der Waals surface area contributed by atoms with Crippen LogP contribution in [0.1, 0.15) is 150 Å². The molecule has 0 spiro atoms. The molecule has 4 heteroatoms. The van der Waals surface area contributed by atoms with Gasteiger partial charge in [-0.1, -0.05) is 128 Å². The van der Waals surface area contributed by atoms with E-state index in [1.165, 1.54) is 97.2 Å². The third kappa shape index (κ3) is 9.09. The molecule has 2 aliphatic carbocycles. The lowest BCUT2D eigenvalue weighted by Crippen LogP contribution is -2.49. The van der Waals surface area contributed by atoms with Gasteiger partial charge in [-0.25, -0.2) is 0 Å². The van der Waals surface area contributed by atoms with Crippen molar-refractivity contribution in [3.8, 4) is 0 Å². The van der Waals surface area contributed by atoms with Crippen molar-refractivity contribution < 1.29 is 4.79 Å². The van der Waals surface area contributed by atoms with Gasteiger partial charge in [-0.3, -0.25) is 4.79 Å². The van der Waals surface area contributed by atoms with E-state index in [0.29, 0.717) is 16.4 Å². The van der Waals surface area contributed by atoms with Gasteiger partial charge in [0.25, 0.3) is 0 Å². The fourth-order valence-electron chi connectivity index (χ4n) is 7.09. The molecular weight excluding hydrogens is 388 g/mol. The molecule has 0 saturated heterocycles. The Labute approximate surface area is 202 Å². The maximum absolute atomic E-state index is 13.4. The summed E-state index contributed by atoms with van der Waals surface area (Å²) in [4.78, 5) is 13.4. The molecule has 0 aliphatic heterocycles. The van der Waals surface area contributed by atoms with Crippen molar-refractivity contribution in [1.29, 1.82) is 0 Å². The molecule has 0 aromatic carbocycles. The van der Waals surface area contributed by atoms with Crippen molar-refractivity contribution in [3.63, 3.8) is 0 Å². The van der Waals surface area contributed by atoms with E-state index < -0.39 is 0 Å². The van der Waals surface area contributed by atoms with Gasteiger partial charge in [-0.15, -0.1) is 0 Å². The Morgan fingerprint density at radius 3 is 1.91 bits per heavy atom. The van der Waals surface area contributed by atoms with Gasteiger partial charge >= 0.3 is 0 Å². The standard InChI is InChI=1S/C28H55B2NO/c1-6-17-25(2,3)31-24(32)26(4)18-12-11-15-22-28(29,23-16-19-26)30-27(5)20-13-9-7-8-10-14-21-27/h30H,6-23,29H2,1-5H3,(H,31,32). The molecule has 2 fully saturated rings. The van der Waals surface area contributed by atoms with E-state index in [-0.39, 0.29) is 11.0 Å². The Bertz CT molecular complexity index is 568. The van der Waals surface area contributed by atoms with Gasteiger partial charge in [0.2, 0.25) is 5.91 Å². The molecule has 0 aromatic heterocycles. The number of carbonyl (C=O) groups excluding carboxylic acids is 1. The van der Waals surface area contributed by atoms with Crippen molar-refractivity contribution in [3.05, 3.63) is 0 Å². The first-order valence-corrected chi connectivity index (χ1v) is 14.3. The zero-order chi connectivity index (χ0) is 23.7. The van der Waals surface area contributed by atoms with Gasteiger partial charge in [-0.2, -0.15) is 0 Å².